The second-order valence-electron chi connectivity index (χ2n) is 8.18. The van der Waals surface area contributed by atoms with E-state index >= 15 is 0 Å². The van der Waals surface area contributed by atoms with Gasteiger partial charge in [-0.3, -0.25) is 14.6 Å². The zero-order valence-electron chi connectivity index (χ0n) is 18.3. The van der Waals surface area contributed by atoms with Gasteiger partial charge >= 0.3 is 0 Å². The van der Waals surface area contributed by atoms with Crippen LogP contribution in [0.25, 0.3) is 22.5 Å². The predicted octanol–water partition coefficient (Wildman–Crippen LogP) is 4.06. The van der Waals surface area contributed by atoms with Crippen LogP contribution in [-0.2, 0) is 4.79 Å². The molecule has 3 N–H and O–H groups in total. The summed E-state index contributed by atoms with van der Waals surface area (Å²) in [4.78, 5) is 33.5. The molecule has 0 radical (unpaired) electrons. The number of nitrogens with zero attached hydrogens (tertiary/aromatic N) is 2. The van der Waals surface area contributed by atoms with Crippen molar-refractivity contribution in [2.24, 2.45) is 11.7 Å². The Hall–Kier alpha value is -3.54. The van der Waals surface area contributed by atoms with Crippen LogP contribution >= 0.6 is 0 Å². The second kappa shape index (κ2) is 9.51. The van der Waals surface area contributed by atoms with Crippen molar-refractivity contribution >= 4 is 11.8 Å². The van der Waals surface area contributed by atoms with Gasteiger partial charge in [-0.25, -0.2) is 4.98 Å². The Morgan fingerprint density at radius 3 is 1.90 bits per heavy atom. The van der Waals surface area contributed by atoms with Crippen molar-refractivity contribution in [1.29, 1.82) is 0 Å². The molecule has 0 saturated carbocycles. The number of nitrogens with one attached hydrogen (secondary N) is 1. The van der Waals surface area contributed by atoms with Gasteiger partial charge in [-0.1, -0.05) is 73.5 Å². The van der Waals surface area contributed by atoms with Gasteiger partial charge in [-0.2, -0.15) is 0 Å². The Labute approximate surface area is 182 Å². The predicted molar refractivity (Wildman–Crippen MR) is 122 cm³/mol. The largest absolute Gasteiger partial charge is 0.370 e. The molecule has 3 aromatic rings. The topological polar surface area (TPSA) is 98.0 Å². The number of carbonyl (C=O) groups excluding carboxylic acids is 2. The number of aryl methyl sites for hydroxylation is 2. The standard InChI is InChI=1S/C25H28N4O2/c1-15(2)20(13-22(26)30)29-25(31)21-14-27-23(18-9-5-16(3)6-10-18)24(28-21)19-11-7-17(4)8-12-19/h5-12,14-15,20H,13H2,1-4H3,(H2,26,30)(H,29,31)/t20-/m0/s1. The fourth-order valence-electron chi connectivity index (χ4n) is 3.25. The van der Waals surface area contributed by atoms with Crippen LogP contribution in [0.3, 0.4) is 0 Å². The average Bonchev–Trinajstić information content (AvgIpc) is 2.73. The first-order chi connectivity index (χ1) is 14.7. The van der Waals surface area contributed by atoms with Crippen molar-refractivity contribution in [2.45, 2.75) is 40.2 Å². The first kappa shape index (κ1) is 22.2. The van der Waals surface area contributed by atoms with E-state index in [9.17, 15) is 9.59 Å². The molecule has 6 heteroatoms. The van der Waals surface area contributed by atoms with Gasteiger partial charge in [-0.15, -0.1) is 0 Å². The van der Waals surface area contributed by atoms with Gasteiger partial charge in [0.2, 0.25) is 5.91 Å². The molecule has 0 saturated heterocycles. The van der Waals surface area contributed by atoms with Gasteiger partial charge in [0.05, 0.1) is 17.6 Å². The summed E-state index contributed by atoms with van der Waals surface area (Å²) >= 11 is 0. The summed E-state index contributed by atoms with van der Waals surface area (Å²) in [5.41, 5.74) is 11.0. The van der Waals surface area contributed by atoms with Crippen LogP contribution in [-0.4, -0.2) is 27.8 Å². The summed E-state index contributed by atoms with van der Waals surface area (Å²) < 4.78 is 0. The first-order valence-electron chi connectivity index (χ1n) is 10.3. The van der Waals surface area contributed by atoms with Gasteiger partial charge in [0.25, 0.3) is 5.91 Å². The molecule has 1 aromatic heterocycles. The number of hydrogen-bond acceptors (Lipinski definition) is 4. The molecule has 6 nitrogen and oxygen atoms in total. The average molecular weight is 417 g/mol. The summed E-state index contributed by atoms with van der Waals surface area (Å²) in [6, 6.07) is 15.6. The van der Waals surface area contributed by atoms with Crippen LogP contribution in [0.1, 0.15) is 41.9 Å². The van der Waals surface area contributed by atoms with Crippen LogP contribution in [0.2, 0.25) is 0 Å². The van der Waals surface area contributed by atoms with Crippen LogP contribution in [0.15, 0.2) is 54.7 Å². The summed E-state index contributed by atoms with van der Waals surface area (Å²) in [6.07, 6.45) is 1.55. The smallest absolute Gasteiger partial charge is 0.271 e. The lowest BCUT2D eigenvalue weighted by molar-refractivity contribution is -0.118. The Balaban J connectivity index is 2.02. The molecule has 31 heavy (non-hydrogen) atoms. The minimum Gasteiger partial charge on any atom is -0.370 e. The summed E-state index contributed by atoms with van der Waals surface area (Å²) in [7, 11) is 0. The summed E-state index contributed by atoms with van der Waals surface area (Å²) in [5, 5.41) is 2.88. The lowest BCUT2D eigenvalue weighted by Crippen LogP contribution is -2.41. The fourth-order valence-corrected chi connectivity index (χ4v) is 3.25. The number of aromatic nitrogens is 2. The van der Waals surface area contributed by atoms with Crippen molar-refractivity contribution in [2.75, 3.05) is 0 Å². The van der Waals surface area contributed by atoms with Crippen molar-refractivity contribution in [3.8, 4) is 22.5 Å². The minimum absolute atomic E-state index is 0.0489. The second-order valence-corrected chi connectivity index (χ2v) is 8.18. The van der Waals surface area contributed by atoms with Gasteiger partial charge < -0.3 is 11.1 Å². The number of nitrogens with two attached hydrogens (primary N) is 1. The highest BCUT2D eigenvalue weighted by molar-refractivity contribution is 5.94. The molecule has 0 bridgehead atoms. The van der Waals surface area contributed by atoms with Crippen molar-refractivity contribution in [1.82, 2.24) is 15.3 Å². The third-order valence-corrected chi connectivity index (χ3v) is 5.20. The molecule has 3 rings (SSSR count). The molecule has 2 amide bonds. The maximum Gasteiger partial charge on any atom is 0.271 e. The van der Waals surface area contributed by atoms with Crippen LogP contribution in [0.5, 0.6) is 0 Å². The maximum absolute atomic E-state index is 12.9. The highest BCUT2D eigenvalue weighted by Crippen LogP contribution is 2.29. The number of rotatable bonds is 7. The highest BCUT2D eigenvalue weighted by Gasteiger charge is 2.22. The third kappa shape index (κ3) is 5.54. The van der Waals surface area contributed by atoms with E-state index in [1.165, 1.54) is 6.20 Å². The molecule has 1 atom stereocenters. The van der Waals surface area contributed by atoms with Crippen molar-refractivity contribution in [3.63, 3.8) is 0 Å². The molecule has 0 aliphatic carbocycles. The zero-order chi connectivity index (χ0) is 22.5. The van der Waals surface area contributed by atoms with Crippen LogP contribution in [0.4, 0.5) is 0 Å². The lowest BCUT2D eigenvalue weighted by Gasteiger charge is -2.21. The SMILES string of the molecule is Cc1ccc(-c2ncc(C(=O)N[C@@H](CC(N)=O)C(C)C)nc2-c2ccc(C)cc2)cc1. The molecule has 0 aliphatic heterocycles. The molecule has 0 spiro atoms. The fraction of sp³-hybridized carbons (Fsp3) is 0.280. The Kier molecular flexibility index (Phi) is 6.80. The van der Waals surface area contributed by atoms with E-state index in [1.807, 2.05) is 76.2 Å². The minimum atomic E-state index is -0.458. The molecule has 2 aromatic carbocycles. The monoisotopic (exact) mass is 416 g/mol. The zero-order valence-corrected chi connectivity index (χ0v) is 18.3. The van der Waals surface area contributed by atoms with Crippen LogP contribution < -0.4 is 11.1 Å². The number of primary amides is 1. The highest BCUT2D eigenvalue weighted by atomic mass is 16.2. The number of benzene rings is 2. The number of carbonyl (C=O) groups is 2. The van der Waals surface area contributed by atoms with Crippen LogP contribution in [0, 0.1) is 19.8 Å². The third-order valence-electron chi connectivity index (χ3n) is 5.20. The molecular formula is C25H28N4O2. The van der Waals surface area contributed by atoms with E-state index in [2.05, 4.69) is 15.3 Å². The molecule has 0 aliphatic rings. The van der Waals surface area contributed by atoms with E-state index in [4.69, 9.17) is 5.73 Å². The van der Waals surface area contributed by atoms with Crippen molar-refractivity contribution in [3.05, 3.63) is 71.5 Å². The molecule has 0 unspecified atom stereocenters. The Morgan fingerprint density at radius 1 is 0.903 bits per heavy atom. The molecule has 0 fully saturated rings. The summed E-state index contributed by atoms with van der Waals surface area (Å²) in [6.45, 7) is 7.90. The lowest BCUT2D eigenvalue weighted by atomic mass is 10.00. The quantitative estimate of drug-likeness (QED) is 0.607. The van der Waals surface area contributed by atoms with E-state index < -0.39 is 5.91 Å². The van der Waals surface area contributed by atoms with Gasteiger partial charge in [0, 0.05) is 23.6 Å². The maximum atomic E-state index is 12.9. The van der Waals surface area contributed by atoms with Gasteiger partial charge in [0.1, 0.15) is 5.69 Å². The molecule has 1 heterocycles. The molecule has 160 valence electrons. The summed E-state index contributed by atoms with van der Waals surface area (Å²) in [5.74, 6) is -0.788. The number of hydrogen-bond donors (Lipinski definition) is 2. The van der Waals surface area contributed by atoms with E-state index in [0.29, 0.717) is 11.4 Å². The van der Waals surface area contributed by atoms with E-state index in [-0.39, 0.29) is 30.0 Å². The van der Waals surface area contributed by atoms with E-state index in [0.717, 1.165) is 22.3 Å². The van der Waals surface area contributed by atoms with Gasteiger partial charge in [-0.05, 0) is 19.8 Å². The first-order valence-corrected chi connectivity index (χ1v) is 10.3. The van der Waals surface area contributed by atoms with E-state index in [1.54, 1.807) is 0 Å². The normalized spacial score (nSPS) is 11.9. The van der Waals surface area contributed by atoms with Gasteiger partial charge in [0.15, 0.2) is 0 Å². The molecular weight excluding hydrogens is 388 g/mol. The van der Waals surface area contributed by atoms with Crippen molar-refractivity contribution < 1.29 is 9.59 Å². The number of amides is 2. The Bertz CT molecular complexity index is 1070. The Morgan fingerprint density at radius 2 is 1.42 bits per heavy atom.